The molecule has 0 fully saturated rings. The molecular weight excluding hydrogens is 445 g/mol. The molecule has 176 valence electrons. The summed E-state index contributed by atoms with van der Waals surface area (Å²) in [5.74, 6) is -3.13. The van der Waals surface area contributed by atoms with Gasteiger partial charge in [0, 0.05) is 12.5 Å². The Bertz CT molecular complexity index is 982. The van der Waals surface area contributed by atoms with E-state index in [1.165, 1.54) is 0 Å². The van der Waals surface area contributed by atoms with Crippen LogP contribution < -0.4 is 10.6 Å². The fraction of sp³-hybridized carbons (Fsp3) is 0.318. The average Bonchev–Trinajstić information content (AvgIpc) is 3.08. The molecule has 2 amide bonds. The molecule has 11 heteroatoms. The van der Waals surface area contributed by atoms with E-state index in [9.17, 15) is 27.6 Å². The molecule has 33 heavy (non-hydrogen) atoms. The number of nitrogens with one attached hydrogen (secondary N) is 2. The molecular formula is C22H21F3N2O6. The normalized spacial score (nSPS) is 13.5. The molecule has 3 N–H and O–H groups in total. The molecule has 0 saturated heterocycles. The quantitative estimate of drug-likeness (QED) is 0.490. The van der Waals surface area contributed by atoms with Gasteiger partial charge in [-0.15, -0.1) is 0 Å². The monoisotopic (exact) mass is 466 g/mol. The van der Waals surface area contributed by atoms with E-state index in [4.69, 9.17) is 9.84 Å². The van der Waals surface area contributed by atoms with Gasteiger partial charge in [0.25, 0.3) is 5.91 Å². The molecule has 3 rings (SSSR count). The van der Waals surface area contributed by atoms with Gasteiger partial charge in [-0.3, -0.25) is 4.79 Å². The van der Waals surface area contributed by atoms with E-state index in [2.05, 4.69) is 4.74 Å². The first-order chi connectivity index (χ1) is 15.7. The Hall–Kier alpha value is -3.60. The van der Waals surface area contributed by atoms with Crippen molar-refractivity contribution in [2.24, 2.45) is 0 Å². The Kier molecular flexibility index (Phi) is 7.54. The summed E-state index contributed by atoms with van der Waals surface area (Å²) in [6.45, 7) is -1.55. The summed E-state index contributed by atoms with van der Waals surface area (Å²) in [5, 5.41) is 11.9. The third-order valence-electron chi connectivity index (χ3n) is 4.97. The number of carboxylic acids is 1. The predicted molar refractivity (Wildman–Crippen MR) is 110 cm³/mol. The van der Waals surface area contributed by atoms with Crippen LogP contribution in [0, 0.1) is 0 Å². The fourth-order valence-corrected chi connectivity index (χ4v) is 3.56. The number of ether oxygens (including phenoxy) is 2. The van der Waals surface area contributed by atoms with Crippen LogP contribution in [0.5, 0.6) is 0 Å². The van der Waals surface area contributed by atoms with Gasteiger partial charge in [0.2, 0.25) is 6.04 Å². The van der Waals surface area contributed by atoms with Crippen LogP contribution in [0.2, 0.25) is 0 Å². The largest absolute Gasteiger partial charge is 0.480 e. The first kappa shape index (κ1) is 24.1. The van der Waals surface area contributed by atoms with Crippen molar-refractivity contribution < 1.29 is 42.1 Å². The topological polar surface area (TPSA) is 114 Å². The highest BCUT2D eigenvalue weighted by molar-refractivity contribution is 5.86. The van der Waals surface area contributed by atoms with Crippen LogP contribution in [0.4, 0.5) is 18.0 Å². The number of fused-ring (bicyclic) bond motifs is 3. The third-order valence-corrected chi connectivity index (χ3v) is 4.97. The van der Waals surface area contributed by atoms with Gasteiger partial charge >= 0.3 is 18.2 Å². The average molecular weight is 466 g/mol. The van der Waals surface area contributed by atoms with Crippen molar-refractivity contribution in [3.05, 3.63) is 59.7 Å². The number of halogens is 3. The van der Waals surface area contributed by atoms with Gasteiger partial charge in [-0.05, 0) is 22.3 Å². The lowest BCUT2D eigenvalue weighted by molar-refractivity contribution is -0.167. The molecule has 0 heterocycles. The lowest BCUT2D eigenvalue weighted by atomic mass is 9.98. The zero-order chi connectivity index (χ0) is 24.0. The molecule has 2 aromatic rings. The smallest absolute Gasteiger partial charge is 0.417 e. The van der Waals surface area contributed by atoms with E-state index in [1.54, 1.807) is 5.32 Å². The number of amides is 2. The van der Waals surface area contributed by atoms with E-state index in [1.807, 2.05) is 53.8 Å². The van der Waals surface area contributed by atoms with Gasteiger partial charge in [-0.2, -0.15) is 13.2 Å². The highest BCUT2D eigenvalue weighted by atomic mass is 19.4. The number of hydrogen-bond acceptors (Lipinski definition) is 5. The van der Waals surface area contributed by atoms with Crippen LogP contribution in [0.15, 0.2) is 48.5 Å². The molecule has 0 bridgehead atoms. The number of carbonyl (C=O) groups is 3. The molecule has 1 atom stereocenters. The molecule has 1 aliphatic carbocycles. The van der Waals surface area contributed by atoms with Gasteiger partial charge in [0.1, 0.15) is 13.2 Å². The Balaban J connectivity index is 1.59. The van der Waals surface area contributed by atoms with Crippen LogP contribution >= 0.6 is 0 Å². The Labute approximate surface area is 186 Å². The first-order valence-electron chi connectivity index (χ1n) is 9.94. The van der Waals surface area contributed by atoms with Crippen LogP contribution in [0.1, 0.15) is 17.0 Å². The van der Waals surface area contributed by atoms with Gasteiger partial charge in [-0.1, -0.05) is 48.5 Å². The van der Waals surface area contributed by atoms with Crippen molar-refractivity contribution >= 4 is 18.0 Å². The fourth-order valence-electron chi connectivity index (χ4n) is 3.56. The molecule has 2 aromatic carbocycles. The number of alkyl halides is 3. The van der Waals surface area contributed by atoms with Crippen molar-refractivity contribution in [1.29, 1.82) is 0 Å². The van der Waals surface area contributed by atoms with Crippen LogP contribution in [0.25, 0.3) is 11.1 Å². The maximum Gasteiger partial charge on any atom is 0.417 e. The lowest BCUT2D eigenvalue weighted by Gasteiger charge is -2.21. The van der Waals surface area contributed by atoms with E-state index in [0.29, 0.717) is 0 Å². The Morgan fingerprint density at radius 1 is 1.00 bits per heavy atom. The van der Waals surface area contributed by atoms with E-state index in [-0.39, 0.29) is 25.7 Å². The molecule has 1 unspecified atom stereocenters. The standard InChI is InChI=1S/C22H21F3N2O6/c23-22(24,25)19(20(30)26-9-10-32-12-18(28)29)27-21(31)33-11-17-15-7-3-1-5-13(15)14-6-2-4-8-16(14)17/h1-8,17,19H,9-12H2,(H,26,30)(H,27,31)(H,28,29). The summed E-state index contributed by atoms with van der Waals surface area (Å²) in [4.78, 5) is 34.4. The van der Waals surface area contributed by atoms with Crippen molar-refractivity contribution in [3.8, 4) is 11.1 Å². The maximum absolute atomic E-state index is 13.3. The summed E-state index contributed by atoms with van der Waals surface area (Å²) in [6.07, 6.45) is -6.46. The second kappa shape index (κ2) is 10.3. The summed E-state index contributed by atoms with van der Waals surface area (Å²) in [5.41, 5.74) is 3.69. The zero-order valence-corrected chi connectivity index (χ0v) is 17.2. The number of alkyl carbamates (subject to hydrolysis) is 1. The van der Waals surface area contributed by atoms with Crippen molar-refractivity contribution in [2.45, 2.75) is 18.1 Å². The van der Waals surface area contributed by atoms with Crippen LogP contribution in [-0.4, -0.2) is 61.7 Å². The Morgan fingerprint density at radius 2 is 1.58 bits per heavy atom. The molecule has 0 spiro atoms. The highest BCUT2D eigenvalue weighted by Crippen LogP contribution is 2.44. The minimum atomic E-state index is -5.07. The maximum atomic E-state index is 13.3. The van der Waals surface area contributed by atoms with Crippen molar-refractivity contribution in [2.75, 3.05) is 26.4 Å². The second-order valence-electron chi connectivity index (χ2n) is 7.18. The van der Waals surface area contributed by atoms with Crippen molar-refractivity contribution in [1.82, 2.24) is 10.6 Å². The van der Waals surface area contributed by atoms with Gasteiger partial charge < -0.3 is 25.2 Å². The van der Waals surface area contributed by atoms with Crippen molar-refractivity contribution in [3.63, 3.8) is 0 Å². The van der Waals surface area contributed by atoms with Gasteiger partial charge in [0.15, 0.2) is 0 Å². The van der Waals surface area contributed by atoms with Crippen LogP contribution in [0.3, 0.4) is 0 Å². The molecule has 1 aliphatic rings. The number of aliphatic carboxylic acids is 1. The summed E-state index contributed by atoms with van der Waals surface area (Å²) in [7, 11) is 0. The SMILES string of the molecule is O=C(O)COCCNC(=O)C(NC(=O)OCC1c2ccccc2-c2ccccc21)C(F)(F)F. The summed E-state index contributed by atoms with van der Waals surface area (Å²) >= 11 is 0. The molecule has 8 nitrogen and oxygen atoms in total. The molecule has 0 aliphatic heterocycles. The van der Waals surface area contributed by atoms with E-state index >= 15 is 0 Å². The van der Waals surface area contributed by atoms with Crippen LogP contribution in [-0.2, 0) is 19.1 Å². The predicted octanol–water partition coefficient (Wildman–Crippen LogP) is 2.67. The number of carbonyl (C=O) groups excluding carboxylic acids is 2. The molecule has 0 radical (unpaired) electrons. The minimum absolute atomic E-state index is 0.213. The molecule has 0 aromatic heterocycles. The zero-order valence-electron chi connectivity index (χ0n) is 17.2. The number of hydrogen-bond donors (Lipinski definition) is 3. The lowest BCUT2D eigenvalue weighted by Crippen LogP contribution is -2.55. The van der Waals surface area contributed by atoms with Gasteiger partial charge in [0.05, 0.1) is 6.61 Å². The number of benzene rings is 2. The number of carboxylic acid groups (broad SMARTS) is 1. The molecule has 0 saturated carbocycles. The summed E-state index contributed by atoms with van der Waals surface area (Å²) < 4.78 is 49.6. The second-order valence-corrected chi connectivity index (χ2v) is 7.18. The number of rotatable bonds is 9. The minimum Gasteiger partial charge on any atom is -0.480 e. The highest BCUT2D eigenvalue weighted by Gasteiger charge is 2.46. The summed E-state index contributed by atoms with van der Waals surface area (Å²) in [6, 6.07) is 12.1. The Morgan fingerprint density at radius 3 is 2.12 bits per heavy atom. The van der Waals surface area contributed by atoms with E-state index < -0.39 is 36.8 Å². The first-order valence-corrected chi connectivity index (χ1v) is 9.94. The third kappa shape index (κ3) is 6.01. The van der Waals surface area contributed by atoms with Gasteiger partial charge in [-0.25, -0.2) is 9.59 Å². The van der Waals surface area contributed by atoms with E-state index in [0.717, 1.165) is 22.3 Å².